The average Bonchev–Trinajstić information content (AvgIpc) is 2.62. The molecule has 0 spiro atoms. The molecule has 0 saturated heterocycles. The quantitative estimate of drug-likeness (QED) is 0.686. The molecule has 2 unspecified atom stereocenters. The van der Waals surface area contributed by atoms with Gasteiger partial charge in [0, 0.05) is 17.8 Å². The molecule has 1 fully saturated rings. The summed E-state index contributed by atoms with van der Waals surface area (Å²) >= 11 is 0. The van der Waals surface area contributed by atoms with Crippen LogP contribution in [0.15, 0.2) is 29.3 Å². The van der Waals surface area contributed by atoms with Gasteiger partial charge in [0.1, 0.15) is 0 Å². The summed E-state index contributed by atoms with van der Waals surface area (Å²) in [6.07, 6.45) is -2.33. The Kier molecular flexibility index (Phi) is 5.84. The van der Waals surface area contributed by atoms with Gasteiger partial charge in [-0.05, 0) is 37.5 Å². The van der Waals surface area contributed by atoms with Crippen molar-refractivity contribution in [2.45, 2.75) is 55.8 Å². The first-order valence-electron chi connectivity index (χ1n) is 9.00. The molecule has 29 heavy (non-hydrogen) atoms. The molecule has 7 nitrogen and oxygen atoms in total. The second-order valence-electron chi connectivity index (χ2n) is 7.02. The summed E-state index contributed by atoms with van der Waals surface area (Å²) in [4.78, 5) is 6.89. The second kappa shape index (κ2) is 7.88. The van der Waals surface area contributed by atoms with E-state index in [-0.39, 0.29) is 11.5 Å². The highest BCUT2D eigenvalue weighted by Gasteiger charge is 2.39. The van der Waals surface area contributed by atoms with Crippen LogP contribution in [0.2, 0.25) is 0 Å². The fraction of sp³-hybridized carbons (Fsp3) is 0.444. The van der Waals surface area contributed by atoms with E-state index in [1.54, 1.807) is 6.92 Å². The van der Waals surface area contributed by atoms with E-state index in [0.717, 1.165) is 18.6 Å². The Hall–Kier alpha value is -2.24. The summed E-state index contributed by atoms with van der Waals surface area (Å²) in [6, 6.07) is 2.00. The molecule has 158 valence electrons. The molecule has 1 aliphatic rings. The van der Waals surface area contributed by atoms with Gasteiger partial charge in [0.2, 0.25) is 16.0 Å². The summed E-state index contributed by atoms with van der Waals surface area (Å²) in [5.74, 6) is -0.000963. The van der Waals surface area contributed by atoms with E-state index >= 15 is 0 Å². The normalized spacial score (nSPS) is 20.6. The molecule has 1 aromatic heterocycles. The maximum absolute atomic E-state index is 13.5. The number of rotatable bonds is 4. The van der Waals surface area contributed by atoms with E-state index in [9.17, 15) is 26.7 Å². The van der Waals surface area contributed by atoms with Gasteiger partial charge in [-0.2, -0.15) is 13.2 Å². The zero-order chi connectivity index (χ0) is 21.4. The van der Waals surface area contributed by atoms with E-state index in [1.807, 2.05) is 0 Å². The molecule has 0 bridgehead atoms. The van der Waals surface area contributed by atoms with Crippen LogP contribution in [-0.2, 0) is 16.2 Å². The van der Waals surface area contributed by atoms with Gasteiger partial charge in [-0.25, -0.2) is 23.1 Å². The van der Waals surface area contributed by atoms with Gasteiger partial charge in [0.25, 0.3) is 0 Å². The van der Waals surface area contributed by atoms with E-state index < -0.39 is 38.8 Å². The number of aliphatic hydroxyl groups excluding tert-OH is 1. The molecule has 1 saturated carbocycles. The lowest BCUT2D eigenvalue weighted by atomic mass is 9.93. The molecule has 0 aliphatic heterocycles. The zero-order valence-corrected chi connectivity index (χ0v) is 16.4. The molecular formula is C18H21F3N4O3S. The molecule has 2 aromatic rings. The van der Waals surface area contributed by atoms with E-state index in [1.165, 1.54) is 12.3 Å². The Balaban J connectivity index is 2.09. The number of aromatic nitrogens is 2. The molecule has 4 N–H and O–H groups in total. The zero-order valence-electron chi connectivity index (χ0n) is 15.6. The number of aryl methyl sites for hydroxylation is 1. The van der Waals surface area contributed by atoms with Crippen LogP contribution in [0.3, 0.4) is 0 Å². The smallest absolute Gasteiger partial charge is 0.391 e. The third-order valence-electron chi connectivity index (χ3n) is 4.92. The van der Waals surface area contributed by atoms with Crippen molar-refractivity contribution >= 4 is 16.0 Å². The summed E-state index contributed by atoms with van der Waals surface area (Å²) < 4.78 is 68.5. The predicted molar refractivity (Wildman–Crippen MR) is 100 cm³/mol. The highest BCUT2D eigenvalue weighted by Crippen LogP contribution is 2.37. The van der Waals surface area contributed by atoms with Crippen molar-refractivity contribution in [1.29, 1.82) is 0 Å². The van der Waals surface area contributed by atoms with Crippen molar-refractivity contribution in [3.05, 3.63) is 35.7 Å². The average molecular weight is 430 g/mol. The second-order valence-corrected chi connectivity index (χ2v) is 8.70. The number of nitrogens with one attached hydrogen (secondary N) is 1. The minimum absolute atomic E-state index is 0.000963. The molecule has 1 aliphatic carbocycles. The number of nitrogens with zero attached hydrogens (tertiary/aromatic N) is 2. The monoisotopic (exact) mass is 430 g/mol. The molecule has 1 aromatic carbocycles. The third kappa shape index (κ3) is 4.68. The Labute approximate surface area is 166 Å². The SMILES string of the molecule is Cc1nc(N)ncc1-c1ccc(C(F)(F)F)c(S(=O)(=O)NC2CCCCC2O)c1. The van der Waals surface area contributed by atoms with E-state index in [0.29, 0.717) is 30.5 Å². The highest BCUT2D eigenvalue weighted by atomic mass is 32.2. The van der Waals surface area contributed by atoms with Gasteiger partial charge in [-0.15, -0.1) is 0 Å². The fourth-order valence-electron chi connectivity index (χ4n) is 3.43. The van der Waals surface area contributed by atoms with Gasteiger partial charge in [-0.1, -0.05) is 18.9 Å². The van der Waals surface area contributed by atoms with Crippen LogP contribution in [0.25, 0.3) is 11.1 Å². The number of hydrogen-bond acceptors (Lipinski definition) is 6. The Bertz CT molecular complexity index is 1010. The molecule has 3 rings (SSSR count). The van der Waals surface area contributed by atoms with Gasteiger partial charge < -0.3 is 10.8 Å². The topological polar surface area (TPSA) is 118 Å². The van der Waals surface area contributed by atoms with Crippen LogP contribution < -0.4 is 10.5 Å². The van der Waals surface area contributed by atoms with Crippen LogP contribution in [0.1, 0.15) is 36.9 Å². The first kappa shape index (κ1) is 21.5. The van der Waals surface area contributed by atoms with Crippen LogP contribution in [0.4, 0.5) is 19.1 Å². The molecule has 0 amide bonds. The van der Waals surface area contributed by atoms with Crippen molar-refractivity contribution in [1.82, 2.24) is 14.7 Å². The van der Waals surface area contributed by atoms with Gasteiger partial charge >= 0.3 is 6.18 Å². The number of nitrogens with two attached hydrogens (primary N) is 1. The molecule has 1 heterocycles. The number of alkyl halides is 3. The van der Waals surface area contributed by atoms with Crippen molar-refractivity contribution in [3.63, 3.8) is 0 Å². The van der Waals surface area contributed by atoms with Gasteiger partial charge in [-0.3, -0.25) is 0 Å². The number of nitrogen functional groups attached to an aromatic ring is 1. The minimum Gasteiger partial charge on any atom is -0.391 e. The Morgan fingerprint density at radius 3 is 2.55 bits per heavy atom. The van der Waals surface area contributed by atoms with Crippen molar-refractivity contribution in [2.24, 2.45) is 0 Å². The summed E-state index contributed by atoms with van der Waals surface area (Å²) in [7, 11) is -4.55. The molecule has 2 atom stereocenters. The predicted octanol–water partition coefficient (Wildman–Crippen LogP) is 2.63. The molecule has 0 radical (unpaired) electrons. The van der Waals surface area contributed by atoms with Crippen molar-refractivity contribution < 1.29 is 26.7 Å². The largest absolute Gasteiger partial charge is 0.417 e. The summed E-state index contributed by atoms with van der Waals surface area (Å²) in [5, 5.41) is 10.0. The van der Waals surface area contributed by atoms with E-state index in [2.05, 4.69) is 14.7 Å². The summed E-state index contributed by atoms with van der Waals surface area (Å²) in [6.45, 7) is 1.59. The third-order valence-corrected chi connectivity index (χ3v) is 6.45. The number of aliphatic hydroxyl groups is 1. The lowest BCUT2D eigenvalue weighted by Crippen LogP contribution is -2.45. The number of benzene rings is 1. The number of halogens is 3. The first-order valence-corrected chi connectivity index (χ1v) is 10.5. The summed E-state index contributed by atoms with van der Waals surface area (Å²) in [5.41, 5.74) is 5.19. The number of anilines is 1. The highest BCUT2D eigenvalue weighted by molar-refractivity contribution is 7.89. The standard InChI is InChI=1S/C18H21F3N4O3S/c1-10-12(9-23-17(22)24-10)11-6-7-13(18(19,20)21)16(8-11)29(27,28)25-14-4-2-3-5-15(14)26/h6-9,14-15,25-26H,2-5H2,1H3,(H2,22,23,24). The fourth-order valence-corrected chi connectivity index (χ4v) is 4.98. The first-order chi connectivity index (χ1) is 13.5. The Morgan fingerprint density at radius 2 is 1.93 bits per heavy atom. The number of sulfonamides is 1. The molecular weight excluding hydrogens is 409 g/mol. The van der Waals surface area contributed by atoms with Crippen molar-refractivity contribution in [3.8, 4) is 11.1 Å². The van der Waals surface area contributed by atoms with Crippen LogP contribution in [0.5, 0.6) is 0 Å². The minimum atomic E-state index is -4.87. The van der Waals surface area contributed by atoms with Gasteiger partial charge in [0.05, 0.1) is 22.3 Å². The van der Waals surface area contributed by atoms with Crippen molar-refractivity contribution in [2.75, 3.05) is 5.73 Å². The van der Waals surface area contributed by atoms with Crippen LogP contribution >= 0.6 is 0 Å². The number of hydrogen-bond donors (Lipinski definition) is 3. The lowest BCUT2D eigenvalue weighted by Gasteiger charge is -2.28. The van der Waals surface area contributed by atoms with Crippen LogP contribution in [0, 0.1) is 6.92 Å². The Morgan fingerprint density at radius 1 is 1.24 bits per heavy atom. The lowest BCUT2D eigenvalue weighted by molar-refractivity contribution is -0.139. The maximum atomic E-state index is 13.5. The van der Waals surface area contributed by atoms with Crippen LogP contribution in [-0.4, -0.2) is 35.6 Å². The van der Waals surface area contributed by atoms with Gasteiger partial charge in [0.15, 0.2) is 0 Å². The molecule has 11 heteroatoms. The maximum Gasteiger partial charge on any atom is 0.417 e. The van der Waals surface area contributed by atoms with E-state index in [4.69, 9.17) is 5.73 Å².